The van der Waals surface area contributed by atoms with Gasteiger partial charge in [0, 0.05) is 34.8 Å². The van der Waals surface area contributed by atoms with Crippen molar-refractivity contribution in [2.24, 2.45) is 0 Å². The van der Waals surface area contributed by atoms with Gasteiger partial charge in [0.2, 0.25) is 5.88 Å². The van der Waals surface area contributed by atoms with Crippen LogP contribution in [-0.2, 0) is 4.74 Å². The molecular formula is C17H18N2O3S. The van der Waals surface area contributed by atoms with Crippen LogP contribution in [0.4, 0.5) is 5.69 Å². The normalized spacial score (nSPS) is 17.0. The van der Waals surface area contributed by atoms with E-state index in [4.69, 9.17) is 9.47 Å². The van der Waals surface area contributed by atoms with E-state index in [1.54, 1.807) is 30.1 Å². The highest BCUT2D eigenvalue weighted by Gasteiger charge is 2.18. The molecule has 1 N–H and O–H groups in total. The molecule has 0 aliphatic carbocycles. The Labute approximate surface area is 139 Å². The SMILES string of the molecule is CSc1cccc(NC(=O)c2ccnc(OC3CCOC3)c2)c1. The van der Waals surface area contributed by atoms with E-state index in [0.717, 1.165) is 17.0 Å². The Balaban J connectivity index is 1.68. The van der Waals surface area contributed by atoms with Crippen molar-refractivity contribution in [3.05, 3.63) is 48.2 Å². The standard InChI is InChI=1S/C17H18N2O3S/c1-23-15-4-2-3-13(10-15)19-17(20)12-5-7-18-16(9-12)22-14-6-8-21-11-14/h2-5,7,9-10,14H,6,8,11H2,1H3,(H,19,20). The van der Waals surface area contributed by atoms with Gasteiger partial charge in [-0.2, -0.15) is 0 Å². The van der Waals surface area contributed by atoms with Gasteiger partial charge in [-0.15, -0.1) is 11.8 Å². The fraction of sp³-hybridized carbons (Fsp3) is 0.294. The van der Waals surface area contributed by atoms with Crippen molar-refractivity contribution in [1.29, 1.82) is 0 Å². The number of amides is 1. The first-order chi connectivity index (χ1) is 11.2. The highest BCUT2D eigenvalue weighted by atomic mass is 32.2. The maximum Gasteiger partial charge on any atom is 0.255 e. The van der Waals surface area contributed by atoms with E-state index < -0.39 is 0 Å². The second-order valence-corrected chi connectivity index (χ2v) is 6.05. The smallest absolute Gasteiger partial charge is 0.255 e. The van der Waals surface area contributed by atoms with Crippen molar-refractivity contribution < 1.29 is 14.3 Å². The highest BCUT2D eigenvalue weighted by Crippen LogP contribution is 2.20. The molecule has 23 heavy (non-hydrogen) atoms. The van der Waals surface area contributed by atoms with Gasteiger partial charge in [0.15, 0.2) is 0 Å². The summed E-state index contributed by atoms with van der Waals surface area (Å²) in [5.41, 5.74) is 1.29. The summed E-state index contributed by atoms with van der Waals surface area (Å²) in [5.74, 6) is 0.268. The van der Waals surface area contributed by atoms with Gasteiger partial charge in [-0.05, 0) is 30.5 Å². The molecule has 0 bridgehead atoms. The second-order valence-electron chi connectivity index (χ2n) is 5.17. The van der Waals surface area contributed by atoms with Crippen LogP contribution >= 0.6 is 11.8 Å². The lowest BCUT2D eigenvalue weighted by atomic mass is 10.2. The molecule has 0 radical (unpaired) electrons. The molecule has 1 unspecified atom stereocenters. The van der Waals surface area contributed by atoms with Crippen molar-refractivity contribution in [2.75, 3.05) is 24.8 Å². The van der Waals surface area contributed by atoms with Crippen LogP contribution in [0.15, 0.2) is 47.5 Å². The largest absolute Gasteiger partial charge is 0.472 e. The topological polar surface area (TPSA) is 60.5 Å². The Hall–Kier alpha value is -2.05. The van der Waals surface area contributed by atoms with E-state index >= 15 is 0 Å². The van der Waals surface area contributed by atoms with Crippen molar-refractivity contribution in [3.8, 4) is 5.88 Å². The van der Waals surface area contributed by atoms with Crippen LogP contribution < -0.4 is 10.1 Å². The number of nitrogens with zero attached hydrogens (tertiary/aromatic N) is 1. The van der Waals surface area contributed by atoms with Crippen LogP contribution in [-0.4, -0.2) is 36.5 Å². The Morgan fingerprint density at radius 2 is 2.30 bits per heavy atom. The number of hydrogen-bond acceptors (Lipinski definition) is 5. The van der Waals surface area contributed by atoms with Gasteiger partial charge in [0.25, 0.3) is 5.91 Å². The average Bonchev–Trinajstić information content (AvgIpc) is 3.08. The first kappa shape index (κ1) is 15.8. The van der Waals surface area contributed by atoms with Crippen LogP contribution in [0.3, 0.4) is 0 Å². The van der Waals surface area contributed by atoms with Crippen LogP contribution in [0.1, 0.15) is 16.8 Å². The minimum absolute atomic E-state index is 0.0130. The molecule has 1 saturated heterocycles. The van der Waals surface area contributed by atoms with Crippen molar-refractivity contribution >= 4 is 23.4 Å². The maximum atomic E-state index is 12.4. The molecule has 3 rings (SSSR count). The van der Waals surface area contributed by atoms with Gasteiger partial charge in [-0.25, -0.2) is 4.98 Å². The summed E-state index contributed by atoms with van der Waals surface area (Å²) < 4.78 is 11.0. The van der Waals surface area contributed by atoms with E-state index in [0.29, 0.717) is 24.7 Å². The van der Waals surface area contributed by atoms with E-state index in [9.17, 15) is 4.79 Å². The van der Waals surface area contributed by atoms with E-state index in [2.05, 4.69) is 10.3 Å². The van der Waals surface area contributed by atoms with Gasteiger partial charge in [0.05, 0.1) is 13.2 Å². The van der Waals surface area contributed by atoms with Crippen LogP contribution in [0.5, 0.6) is 5.88 Å². The molecule has 1 aromatic heterocycles. The predicted octanol–water partition coefficient (Wildman–Crippen LogP) is 3.22. The average molecular weight is 330 g/mol. The fourth-order valence-electron chi connectivity index (χ4n) is 2.30. The third kappa shape index (κ3) is 4.24. The lowest BCUT2D eigenvalue weighted by Crippen LogP contribution is -2.17. The molecular weight excluding hydrogens is 312 g/mol. The van der Waals surface area contributed by atoms with E-state index in [1.165, 1.54) is 0 Å². The lowest BCUT2D eigenvalue weighted by molar-refractivity contribution is 0.102. The monoisotopic (exact) mass is 330 g/mol. The molecule has 0 spiro atoms. The molecule has 2 aromatic rings. The number of pyridine rings is 1. The zero-order chi connectivity index (χ0) is 16.1. The number of thioether (sulfide) groups is 1. The summed E-state index contributed by atoms with van der Waals surface area (Å²) in [5, 5.41) is 2.89. The van der Waals surface area contributed by atoms with Gasteiger partial charge in [0.1, 0.15) is 6.10 Å². The number of anilines is 1. The Morgan fingerprint density at radius 1 is 1.39 bits per heavy atom. The van der Waals surface area contributed by atoms with Crippen LogP contribution in [0.25, 0.3) is 0 Å². The molecule has 1 fully saturated rings. The third-order valence-corrected chi connectivity index (χ3v) is 4.23. The zero-order valence-electron chi connectivity index (χ0n) is 12.8. The van der Waals surface area contributed by atoms with Crippen LogP contribution in [0, 0.1) is 0 Å². The van der Waals surface area contributed by atoms with Crippen molar-refractivity contribution in [2.45, 2.75) is 17.4 Å². The molecule has 1 aliphatic rings. The molecule has 1 aliphatic heterocycles. The maximum absolute atomic E-state index is 12.4. The number of carbonyl (C=O) groups is 1. The summed E-state index contributed by atoms with van der Waals surface area (Å²) in [6.07, 6.45) is 4.44. The van der Waals surface area contributed by atoms with Crippen molar-refractivity contribution in [1.82, 2.24) is 4.98 Å². The summed E-state index contributed by atoms with van der Waals surface area (Å²) in [6.45, 7) is 1.27. The van der Waals surface area contributed by atoms with Gasteiger partial charge in [-0.1, -0.05) is 6.07 Å². The molecule has 120 valence electrons. The Bertz CT molecular complexity index is 687. The fourth-order valence-corrected chi connectivity index (χ4v) is 2.76. The number of rotatable bonds is 5. The number of aromatic nitrogens is 1. The van der Waals surface area contributed by atoms with E-state index in [1.807, 2.05) is 30.5 Å². The second kappa shape index (κ2) is 7.48. The van der Waals surface area contributed by atoms with Gasteiger partial charge in [-0.3, -0.25) is 4.79 Å². The quantitative estimate of drug-likeness (QED) is 0.853. The van der Waals surface area contributed by atoms with Crippen molar-refractivity contribution in [3.63, 3.8) is 0 Å². The number of ether oxygens (including phenoxy) is 2. The molecule has 5 nitrogen and oxygen atoms in total. The highest BCUT2D eigenvalue weighted by molar-refractivity contribution is 7.98. The first-order valence-corrected chi connectivity index (χ1v) is 8.63. The first-order valence-electron chi connectivity index (χ1n) is 7.40. The summed E-state index contributed by atoms with van der Waals surface area (Å²) in [7, 11) is 0. The molecule has 6 heteroatoms. The molecule has 2 heterocycles. The number of hydrogen-bond donors (Lipinski definition) is 1. The van der Waals surface area contributed by atoms with E-state index in [-0.39, 0.29) is 12.0 Å². The predicted molar refractivity (Wildman–Crippen MR) is 90.3 cm³/mol. The zero-order valence-corrected chi connectivity index (χ0v) is 13.6. The third-order valence-electron chi connectivity index (χ3n) is 3.50. The lowest BCUT2D eigenvalue weighted by Gasteiger charge is -2.11. The minimum atomic E-state index is -0.182. The molecule has 0 saturated carbocycles. The minimum Gasteiger partial charge on any atom is -0.472 e. The Kier molecular flexibility index (Phi) is 5.15. The number of carbonyl (C=O) groups excluding carboxylic acids is 1. The van der Waals surface area contributed by atoms with Gasteiger partial charge >= 0.3 is 0 Å². The summed E-state index contributed by atoms with van der Waals surface area (Å²) in [6, 6.07) is 11.1. The van der Waals surface area contributed by atoms with Gasteiger partial charge < -0.3 is 14.8 Å². The van der Waals surface area contributed by atoms with Crippen LogP contribution in [0.2, 0.25) is 0 Å². The molecule has 1 amide bonds. The molecule has 1 aromatic carbocycles. The summed E-state index contributed by atoms with van der Waals surface area (Å²) >= 11 is 1.63. The Morgan fingerprint density at radius 3 is 3.09 bits per heavy atom. The summed E-state index contributed by atoms with van der Waals surface area (Å²) in [4.78, 5) is 17.6. The number of benzene rings is 1. The number of nitrogens with one attached hydrogen (secondary N) is 1. The molecule has 1 atom stereocenters.